The van der Waals surface area contributed by atoms with E-state index < -0.39 is 0 Å². The predicted molar refractivity (Wildman–Crippen MR) is 64.3 cm³/mol. The molecule has 0 aromatic heterocycles. The number of allylic oxidation sites excluding steroid dienone is 2. The van der Waals surface area contributed by atoms with Crippen LogP contribution >= 0.6 is 0 Å². The van der Waals surface area contributed by atoms with Crippen LogP contribution in [0.15, 0.2) is 16.5 Å². The molecule has 15 heavy (non-hydrogen) atoms. The molecule has 1 saturated heterocycles. The molecule has 0 radical (unpaired) electrons. The molecule has 1 heterocycles. The quantitative estimate of drug-likeness (QED) is 0.515. The first-order chi connectivity index (χ1) is 6.84. The second-order valence-electron chi connectivity index (χ2n) is 4.76. The third-order valence-electron chi connectivity index (χ3n) is 3.14. The van der Waals surface area contributed by atoms with E-state index in [1.807, 2.05) is 40.7 Å². The van der Waals surface area contributed by atoms with Crippen molar-refractivity contribution < 1.29 is 9.31 Å². The van der Waals surface area contributed by atoms with Gasteiger partial charge in [-0.3, -0.25) is 4.99 Å². The predicted octanol–water partition coefficient (Wildman–Crippen LogP) is 2.26. The summed E-state index contributed by atoms with van der Waals surface area (Å²) >= 11 is 0. The van der Waals surface area contributed by atoms with E-state index in [2.05, 4.69) is 4.99 Å². The Balaban J connectivity index is 2.87. The molecule has 4 heteroatoms. The zero-order chi connectivity index (χ0) is 11.7. The Labute approximate surface area is 92.7 Å². The Morgan fingerprint density at radius 2 is 1.60 bits per heavy atom. The van der Waals surface area contributed by atoms with Crippen molar-refractivity contribution >= 4 is 13.3 Å². The van der Waals surface area contributed by atoms with Crippen LogP contribution in [0.4, 0.5) is 0 Å². The summed E-state index contributed by atoms with van der Waals surface area (Å²) in [5, 5.41) is 0. The minimum absolute atomic E-state index is 0.284. The fourth-order valence-corrected chi connectivity index (χ4v) is 1.40. The van der Waals surface area contributed by atoms with Gasteiger partial charge in [0.2, 0.25) is 0 Å². The molecule has 3 nitrogen and oxygen atoms in total. The Hall–Kier alpha value is -0.605. The summed E-state index contributed by atoms with van der Waals surface area (Å²) in [7, 11) is 1.44. The average molecular weight is 209 g/mol. The second kappa shape index (κ2) is 4.10. The topological polar surface area (TPSA) is 30.8 Å². The van der Waals surface area contributed by atoms with Crippen molar-refractivity contribution in [2.75, 3.05) is 7.05 Å². The molecule has 84 valence electrons. The number of nitrogens with zero attached hydrogens (tertiary/aromatic N) is 1. The minimum Gasteiger partial charge on any atom is -0.399 e. The number of hydrogen-bond acceptors (Lipinski definition) is 3. The van der Waals surface area contributed by atoms with E-state index in [1.54, 1.807) is 13.3 Å². The van der Waals surface area contributed by atoms with Crippen LogP contribution in [0.1, 0.15) is 34.6 Å². The zero-order valence-corrected chi connectivity index (χ0v) is 10.5. The summed E-state index contributed by atoms with van der Waals surface area (Å²) in [5.41, 5.74) is 0.400. The van der Waals surface area contributed by atoms with E-state index in [0.717, 1.165) is 5.47 Å². The third kappa shape index (κ3) is 2.32. The van der Waals surface area contributed by atoms with Gasteiger partial charge in [0.05, 0.1) is 11.2 Å². The van der Waals surface area contributed by atoms with Gasteiger partial charge >= 0.3 is 7.12 Å². The first-order valence-electron chi connectivity index (χ1n) is 5.28. The maximum atomic E-state index is 5.89. The standard InChI is InChI=1S/C11H20BNO2/c1-7-9(8-13-6)12-14-10(2,3)11(4,5)15-12/h7-8H,1-6H3/b9-7+,13-8?. The van der Waals surface area contributed by atoms with Crippen molar-refractivity contribution in [3.05, 3.63) is 11.5 Å². The van der Waals surface area contributed by atoms with E-state index in [0.29, 0.717) is 0 Å². The molecule has 0 bridgehead atoms. The van der Waals surface area contributed by atoms with E-state index in [4.69, 9.17) is 9.31 Å². The fraction of sp³-hybridized carbons (Fsp3) is 0.727. The van der Waals surface area contributed by atoms with Crippen molar-refractivity contribution in [1.82, 2.24) is 0 Å². The zero-order valence-electron chi connectivity index (χ0n) is 10.5. The van der Waals surface area contributed by atoms with Gasteiger partial charge in [-0.15, -0.1) is 0 Å². The Morgan fingerprint density at radius 1 is 1.13 bits per heavy atom. The van der Waals surface area contributed by atoms with E-state index >= 15 is 0 Å². The molecule has 0 aromatic rings. The number of rotatable bonds is 2. The van der Waals surface area contributed by atoms with Gasteiger partial charge in [-0.1, -0.05) is 6.08 Å². The van der Waals surface area contributed by atoms with Crippen LogP contribution in [0.5, 0.6) is 0 Å². The van der Waals surface area contributed by atoms with Gasteiger partial charge in [-0.2, -0.15) is 0 Å². The lowest BCUT2D eigenvalue weighted by Crippen LogP contribution is -2.41. The summed E-state index contributed by atoms with van der Waals surface area (Å²) in [5.74, 6) is 0. The SMILES string of the molecule is C/C=C(\C=NC)B1OC(C)(C)C(C)(C)O1. The first-order valence-corrected chi connectivity index (χ1v) is 5.28. The highest BCUT2D eigenvalue weighted by atomic mass is 16.7. The minimum atomic E-state index is -0.302. The van der Waals surface area contributed by atoms with Gasteiger partial charge < -0.3 is 9.31 Å². The summed E-state index contributed by atoms with van der Waals surface area (Å²) < 4.78 is 11.8. The molecule has 0 atom stereocenters. The summed E-state index contributed by atoms with van der Waals surface area (Å²) in [6.45, 7) is 10.1. The van der Waals surface area contributed by atoms with Gasteiger partial charge in [0, 0.05) is 13.3 Å². The van der Waals surface area contributed by atoms with Crippen molar-refractivity contribution in [3.8, 4) is 0 Å². The molecule has 0 spiro atoms. The Bertz CT molecular complexity index is 279. The van der Waals surface area contributed by atoms with Gasteiger partial charge in [-0.05, 0) is 40.1 Å². The molecule has 1 fully saturated rings. The van der Waals surface area contributed by atoms with E-state index in [9.17, 15) is 0 Å². The maximum absolute atomic E-state index is 5.89. The maximum Gasteiger partial charge on any atom is 0.496 e. The van der Waals surface area contributed by atoms with Crippen LogP contribution in [0.3, 0.4) is 0 Å². The monoisotopic (exact) mass is 209 g/mol. The van der Waals surface area contributed by atoms with Crippen LogP contribution in [0.25, 0.3) is 0 Å². The molecule has 0 N–H and O–H groups in total. The third-order valence-corrected chi connectivity index (χ3v) is 3.14. The molecule has 1 rings (SSSR count). The van der Waals surface area contributed by atoms with Gasteiger partial charge in [0.1, 0.15) is 0 Å². The smallest absolute Gasteiger partial charge is 0.399 e. The lowest BCUT2D eigenvalue weighted by Gasteiger charge is -2.32. The summed E-state index contributed by atoms with van der Waals surface area (Å²) in [4.78, 5) is 3.99. The summed E-state index contributed by atoms with van der Waals surface area (Å²) in [6.07, 6.45) is 3.75. The summed E-state index contributed by atoms with van der Waals surface area (Å²) in [6, 6.07) is 0. The molecular weight excluding hydrogens is 189 g/mol. The molecule has 1 aliphatic heterocycles. The lowest BCUT2D eigenvalue weighted by molar-refractivity contribution is 0.00578. The molecule has 0 amide bonds. The molecule has 0 unspecified atom stereocenters. The second-order valence-corrected chi connectivity index (χ2v) is 4.76. The lowest BCUT2D eigenvalue weighted by atomic mass is 9.79. The molecular formula is C11H20BNO2. The molecule has 0 aliphatic carbocycles. The molecule has 0 aromatic carbocycles. The normalized spacial score (nSPS) is 25.2. The van der Waals surface area contributed by atoms with Crippen LogP contribution in [0.2, 0.25) is 0 Å². The largest absolute Gasteiger partial charge is 0.496 e. The highest BCUT2D eigenvalue weighted by Crippen LogP contribution is 2.38. The van der Waals surface area contributed by atoms with Crippen molar-refractivity contribution in [2.24, 2.45) is 4.99 Å². The van der Waals surface area contributed by atoms with E-state index in [-0.39, 0.29) is 18.3 Å². The highest BCUT2D eigenvalue weighted by molar-refractivity contribution is 6.60. The van der Waals surface area contributed by atoms with Crippen LogP contribution in [-0.4, -0.2) is 31.6 Å². The molecule has 1 aliphatic rings. The Kier molecular flexibility index (Phi) is 3.41. The first kappa shape index (κ1) is 12.5. The van der Waals surface area contributed by atoms with Crippen LogP contribution in [-0.2, 0) is 9.31 Å². The molecule has 0 saturated carbocycles. The van der Waals surface area contributed by atoms with Gasteiger partial charge in [0.15, 0.2) is 0 Å². The van der Waals surface area contributed by atoms with Crippen molar-refractivity contribution in [2.45, 2.75) is 45.8 Å². The van der Waals surface area contributed by atoms with E-state index in [1.165, 1.54) is 0 Å². The van der Waals surface area contributed by atoms with Crippen LogP contribution < -0.4 is 0 Å². The Morgan fingerprint density at radius 3 is 1.93 bits per heavy atom. The fourth-order valence-electron chi connectivity index (χ4n) is 1.40. The van der Waals surface area contributed by atoms with Crippen LogP contribution in [0, 0.1) is 0 Å². The van der Waals surface area contributed by atoms with Gasteiger partial charge in [0.25, 0.3) is 0 Å². The van der Waals surface area contributed by atoms with Crippen molar-refractivity contribution in [3.63, 3.8) is 0 Å². The van der Waals surface area contributed by atoms with Gasteiger partial charge in [-0.25, -0.2) is 0 Å². The average Bonchev–Trinajstić information content (AvgIpc) is 2.32. The van der Waals surface area contributed by atoms with Crippen molar-refractivity contribution in [1.29, 1.82) is 0 Å². The number of aliphatic imine (C=N–C) groups is 1. The highest BCUT2D eigenvalue weighted by Gasteiger charge is 2.51. The number of hydrogen-bond donors (Lipinski definition) is 0.